The molecule has 0 saturated heterocycles. The number of ether oxygens (including phenoxy) is 2. The van der Waals surface area contributed by atoms with Gasteiger partial charge >= 0.3 is 0 Å². The number of hydrogen-bond donors (Lipinski definition) is 0. The lowest BCUT2D eigenvalue weighted by molar-refractivity contribution is -0.144. The Kier molecular flexibility index (Phi) is 10.6. The molecule has 1 aromatic heterocycles. The van der Waals surface area contributed by atoms with Crippen molar-refractivity contribution in [1.82, 2.24) is 14.4 Å². The highest BCUT2D eigenvalue weighted by Crippen LogP contribution is 2.25. The summed E-state index contributed by atoms with van der Waals surface area (Å²) in [6.45, 7) is 3.06. The van der Waals surface area contributed by atoms with E-state index in [0.29, 0.717) is 32.8 Å². The Morgan fingerprint density at radius 2 is 1.59 bits per heavy atom. The van der Waals surface area contributed by atoms with Gasteiger partial charge in [-0.3, -0.25) is 9.59 Å². The summed E-state index contributed by atoms with van der Waals surface area (Å²) in [6, 6.07) is 14.3. The fourth-order valence-electron chi connectivity index (χ4n) is 4.56. The molecule has 1 heterocycles. The lowest BCUT2D eigenvalue weighted by atomic mass is 9.88. The Hall–Kier alpha value is -2.64. The Balaban J connectivity index is 1.70. The molecule has 7 nitrogen and oxygen atoms in total. The zero-order valence-electron chi connectivity index (χ0n) is 20.7. The van der Waals surface area contributed by atoms with Crippen LogP contribution in [0.15, 0.2) is 48.7 Å². The maximum atomic E-state index is 13.4. The van der Waals surface area contributed by atoms with Crippen LogP contribution in [0.2, 0.25) is 0 Å². The van der Waals surface area contributed by atoms with Crippen molar-refractivity contribution in [3.63, 3.8) is 0 Å². The van der Waals surface area contributed by atoms with Crippen molar-refractivity contribution in [2.45, 2.75) is 45.2 Å². The second-order valence-electron chi connectivity index (χ2n) is 9.01. The van der Waals surface area contributed by atoms with Gasteiger partial charge in [0.05, 0.1) is 26.3 Å². The first-order chi connectivity index (χ1) is 16.6. The molecule has 2 aromatic rings. The number of methoxy groups -OCH3 is 2. The zero-order valence-corrected chi connectivity index (χ0v) is 20.7. The van der Waals surface area contributed by atoms with Crippen LogP contribution in [0.4, 0.5) is 0 Å². The van der Waals surface area contributed by atoms with Crippen LogP contribution in [0.5, 0.6) is 0 Å². The number of carbonyl (C=O) groups is 2. The van der Waals surface area contributed by atoms with Crippen molar-refractivity contribution in [1.29, 1.82) is 0 Å². The quantitative estimate of drug-likeness (QED) is 0.450. The third-order valence-electron chi connectivity index (χ3n) is 6.55. The first-order valence-corrected chi connectivity index (χ1v) is 12.3. The molecule has 0 N–H and O–H groups in total. The number of benzene rings is 1. The maximum absolute atomic E-state index is 13.4. The highest BCUT2D eigenvalue weighted by molar-refractivity contribution is 5.86. The zero-order chi connectivity index (χ0) is 24.2. The maximum Gasteiger partial charge on any atom is 0.242 e. The molecule has 1 aliphatic rings. The molecule has 3 rings (SSSR count). The average Bonchev–Trinajstić information content (AvgIpc) is 3.31. The molecule has 0 bridgehead atoms. The predicted octanol–water partition coefficient (Wildman–Crippen LogP) is 3.57. The molecule has 0 unspecified atom stereocenters. The highest BCUT2D eigenvalue weighted by Gasteiger charge is 2.28. The topological polar surface area (TPSA) is 64.0 Å². The summed E-state index contributed by atoms with van der Waals surface area (Å²) in [5.74, 6) is 0.0444. The molecule has 1 fully saturated rings. The smallest absolute Gasteiger partial charge is 0.242 e. The van der Waals surface area contributed by atoms with Crippen LogP contribution in [-0.2, 0) is 32.2 Å². The first-order valence-electron chi connectivity index (χ1n) is 12.3. The van der Waals surface area contributed by atoms with E-state index in [2.05, 4.69) is 16.7 Å². The summed E-state index contributed by atoms with van der Waals surface area (Å²) in [4.78, 5) is 30.2. The van der Waals surface area contributed by atoms with E-state index in [4.69, 9.17) is 9.47 Å². The number of aromatic nitrogens is 1. The molecule has 2 amide bonds. The molecular weight excluding hydrogens is 430 g/mol. The number of nitrogens with zero attached hydrogens (tertiary/aromatic N) is 3. The van der Waals surface area contributed by atoms with Gasteiger partial charge in [0, 0.05) is 51.7 Å². The Bertz CT molecular complexity index is 877. The second kappa shape index (κ2) is 13.9. The third kappa shape index (κ3) is 7.71. The average molecular weight is 470 g/mol. The molecular formula is C27H39N3O4. The Labute approximate surface area is 203 Å². The fourth-order valence-corrected chi connectivity index (χ4v) is 4.56. The van der Waals surface area contributed by atoms with Gasteiger partial charge in [-0.15, -0.1) is 0 Å². The standard InChI is InChI=1S/C27H39N3O4/c1-33-18-16-29(21-25-14-9-15-28(25)20-23-10-5-3-6-11-23)26(31)22-30(17-19-34-2)27(32)24-12-7-4-8-13-24/h3,5-6,9-11,14-15,24H,4,7-8,12-13,16-22H2,1-2H3. The van der Waals surface area contributed by atoms with Crippen molar-refractivity contribution < 1.29 is 19.1 Å². The lowest BCUT2D eigenvalue weighted by Crippen LogP contribution is -2.47. The van der Waals surface area contributed by atoms with Gasteiger partial charge in [0.1, 0.15) is 0 Å². The molecule has 1 saturated carbocycles. The Morgan fingerprint density at radius 1 is 0.912 bits per heavy atom. The van der Waals surface area contributed by atoms with Crippen molar-refractivity contribution in [2.75, 3.05) is 47.1 Å². The molecule has 1 aliphatic carbocycles. The lowest BCUT2D eigenvalue weighted by Gasteiger charge is -2.31. The minimum Gasteiger partial charge on any atom is -0.383 e. The monoisotopic (exact) mass is 469 g/mol. The molecule has 0 radical (unpaired) electrons. The summed E-state index contributed by atoms with van der Waals surface area (Å²) in [6.07, 6.45) is 7.22. The SMILES string of the molecule is COCCN(Cc1cccn1Cc1ccccc1)C(=O)CN(CCOC)C(=O)C1CCCCC1. The van der Waals surface area contributed by atoms with E-state index in [-0.39, 0.29) is 24.3 Å². The first kappa shape index (κ1) is 26.0. The molecule has 0 aliphatic heterocycles. The van der Waals surface area contributed by atoms with Crippen LogP contribution >= 0.6 is 0 Å². The van der Waals surface area contributed by atoms with Crippen molar-refractivity contribution >= 4 is 11.8 Å². The van der Waals surface area contributed by atoms with Crippen molar-refractivity contribution in [3.05, 3.63) is 59.9 Å². The van der Waals surface area contributed by atoms with Gasteiger partial charge in [-0.1, -0.05) is 49.6 Å². The van der Waals surface area contributed by atoms with Gasteiger partial charge in [0.15, 0.2) is 0 Å². The van der Waals surface area contributed by atoms with Crippen molar-refractivity contribution in [3.8, 4) is 0 Å². The van der Waals surface area contributed by atoms with Gasteiger partial charge in [0.2, 0.25) is 11.8 Å². The minimum atomic E-state index is -0.0650. The van der Waals surface area contributed by atoms with E-state index in [1.54, 1.807) is 24.0 Å². The molecule has 0 spiro atoms. The minimum absolute atomic E-state index is 0.0222. The molecule has 186 valence electrons. The number of amides is 2. The summed E-state index contributed by atoms with van der Waals surface area (Å²) in [5, 5.41) is 0. The molecule has 0 atom stereocenters. The summed E-state index contributed by atoms with van der Waals surface area (Å²) in [5.41, 5.74) is 2.26. The van der Waals surface area contributed by atoms with Crippen LogP contribution < -0.4 is 0 Å². The highest BCUT2D eigenvalue weighted by atomic mass is 16.5. The van der Waals surface area contributed by atoms with Gasteiger partial charge in [0.25, 0.3) is 0 Å². The van der Waals surface area contributed by atoms with Crippen molar-refractivity contribution in [2.24, 2.45) is 5.92 Å². The van der Waals surface area contributed by atoms with Crippen LogP contribution in [0, 0.1) is 5.92 Å². The van der Waals surface area contributed by atoms with E-state index in [1.807, 2.05) is 36.5 Å². The van der Waals surface area contributed by atoms with E-state index in [1.165, 1.54) is 12.0 Å². The summed E-state index contributed by atoms with van der Waals surface area (Å²) in [7, 11) is 3.26. The van der Waals surface area contributed by atoms with E-state index in [9.17, 15) is 9.59 Å². The predicted molar refractivity (Wildman–Crippen MR) is 132 cm³/mol. The molecule has 34 heavy (non-hydrogen) atoms. The summed E-state index contributed by atoms with van der Waals surface area (Å²) >= 11 is 0. The van der Waals surface area contributed by atoms with E-state index < -0.39 is 0 Å². The van der Waals surface area contributed by atoms with Crippen LogP contribution in [-0.4, -0.2) is 73.2 Å². The van der Waals surface area contributed by atoms with Gasteiger partial charge in [-0.25, -0.2) is 0 Å². The fraction of sp³-hybridized carbons (Fsp3) is 0.556. The van der Waals surface area contributed by atoms with Gasteiger partial charge < -0.3 is 23.8 Å². The van der Waals surface area contributed by atoms with Crippen LogP contribution in [0.25, 0.3) is 0 Å². The summed E-state index contributed by atoms with van der Waals surface area (Å²) < 4.78 is 12.7. The Morgan fingerprint density at radius 3 is 2.26 bits per heavy atom. The van der Waals surface area contributed by atoms with Crippen LogP contribution in [0.3, 0.4) is 0 Å². The number of hydrogen-bond acceptors (Lipinski definition) is 4. The van der Waals surface area contributed by atoms with Gasteiger partial charge in [-0.2, -0.15) is 0 Å². The normalized spacial score (nSPS) is 14.2. The third-order valence-corrected chi connectivity index (χ3v) is 6.55. The largest absolute Gasteiger partial charge is 0.383 e. The van der Waals surface area contributed by atoms with Gasteiger partial charge in [-0.05, 0) is 30.5 Å². The second-order valence-corrected chi connectivity index (χ2v) is 9.01. The number of carbonyl (C=O) groups excluding carboxylic acids is 2. The van der Waals surface area contributed by atoms with E-state index >= 15 is 0 Å². The van der Waals surface area contributed by atoms with Crippen LogP contribution in [0.1, 0.15) is 43.4 Å². The molecule has 1 aromatic carbocycles. The van der Waals surface area contributed by atoms with E-state index in [0.717, 1.165) is 37.9 Å². The molecule has 7 heteroatoms. The number of rotatable bonds is 13.